The van der Waals surface area contributed by atoms with Crippen LogP contribution in [0.4, 0.5) is 5.69 Å². The third-order valence-electron chi connectivity index (χ3n) is 4.45. The molecule has 8 nitrogen and oxygen atoms in total. The number of Topliss-reactive ketones (excluding diaryl/α,β-unsaturated/α-hetero) is 1. The van der Waals surface area contributed by atoms with Gasteiger partial charge in [0.2, 0.25) is 10.0 Å². The van der Waals surface area contributed by atoms with Crippen LogP contribution in [-0.4, -0.2) is 50.1 Å². The van der Waals surface area contributed by atoms with E-state index < -0.39 is 28.5 Å². The molecule has 0 aliphatic carbocycles. The predicted molar refractivity (Wildman–Crippen MR) is 103 cm³/mol. The third kappa shape index (κ3) is 6.13. The van der Waals surface area contributed by atoms with Crippen LogP contribution < -0.4 is 5.32 Å². The van der Waals surface area contributed by atoms with Crippen LogP contribution in [0.5, 0.6) is 0 Å². The second-order valence-electron chi connectivity index (χ2n) is 6.86. The molecule has 28 heavy (non-hydrogen) atoms. The molecule has 1 heterocycles. The fraction of sp³-hybridized carbons (Fsp3) is 0.526. The van der Waals surface area contributed by atoms with Gasteiger partial charge in [-0.15, -0.1) is 0 Å². The molecule has 0 bridgehead atoms. The zero-order chi connectivity index (χ0) is 20.7. The molecule has 9 heteroatoms. The van der Waals surface area contributed by atoms with Gasteiger partial charge in [0.15, 0.2) is 6.61 Å². The Hall–Kier alpha value is -2.26. The lowest BCUT2D eigenvalue weighted by molar-refractivity contribution is -0.148. The van der Waals surface area contributed by atoms with Crippen molar-refractivity contribution < 1.29 is 27.5 Å². The zero-order valence-corrected chi connectivity index (χ0v) is 17.0. The first-order valence-electron chi connectivity index (χ1n) is 9.26. The fourth-order valence-electron chi connectivity index (χ4n) is 2.89. The van der Waals surface area contributed by atoms with Gasteiger partial charge in [-0.2, -0.15) is 4.31 Å². The third-order valence-corrected chi connectivity index (χ3v) is 6.49. The van der Waals surface area contributed by atoms with E-state index in [-0.39, 0.29) is 23.5 Å². The fourth-order valence-corrected chi connectivity index (χ4v) is 4.66. The van der Waals surface area contributed by atoms with Gasteiger partial charge in [0.25, 0.3) is 5.91 Å². The van der Waals surface area contributed by atoms with Gasteiger partial charge in [-0.25, -0.2) is 8.42 Å². The van der Waals surface area contributed by atoms with E-state index in [0.717, 1.165) is 19.3 Å². The number of anilines is 1. The number of esters is 1. The maximum absolute atomic E-state index is 12.9. The Bertz CT molecular complexity index is 844. The summed E-state index contributed by atoms with van der Waals surface area (Å²) < 4.78 is 32.1. The molecule has 2 rings (SSSR count). The van der Waals surface area contributed by atoms with Crippen molar-refractivity contribution in [3.63, 3.8) is 0 Å². The molecule has 1 saturated heterocycles. The van der Waals surface area contributed by atoms with Crippen LogP contribution in [0.3, 0.4) is 0 Å². The van der Waals surface area contributed by atoms with Gasteiger partial charge >= 0.3 is 5.97 Å². The summed E-state index contributed by atoms with van der Waals surface area (Å²) in [6, 6.07) is 4.65. The molecule has 0 radical (unpaired) electrons. The molecule has 0 spiro atoms. The summed E-state index contributed by atoms with van der Waals surface area (Å²) in [4.78, 5) is 34.5. The van der Waals surface area contributed by atoms with Gasteiger partial charge < -0.3 is 14.8 Å². The highest BCUT2D eigenvalue weighted by molar-refractivity contribution is 7.89. The molecule has 1 aliphatic rings. The minimum absolute atomic E-state index is 0.0656. The van der Waals surface area contributed by atoms with Crippen molar-refractivity contribution in [1.82, 2.24) is 4.31 Å². The van der Waals surface area contributed by atoms with Gasteiger partial charge in [0.1, 0.15) is 5.78 Å². The number of ketones is 1. The van der Waals surface area contributed by atoms with Gasteiger partial charge in [0, 0.05) is 25.2 Å². The van der Waals surface area contributed by atoms with E-state index in [2.05, 4.69) is 5.32 Å². The summed E-state index contributed by atoms with van der Waals surface area (Å²) in [6.45, 7) is 3.56. The maximum atomic E-state index is 12.9. The Balaban J connectivity index is 2.01. The Morgan fingerprint density at radius 1 is 1.11 bits per heavy atom. The molecule has 1 aromatic rings. The molecule has 1 amide bonds. The number of amides is 1. The van der Waals surface area contributed by atoms with Crippen LogP contribution in [0.1, 0.15) is 44.6 Å². The average Bonchev–Trinajstić information content (AvgIpc) is 2.66. The number of carbonyl (C=O) groups excluding carboxylic acids is 3. The first-order chi connectivity index (χ1) is 13.2. The topological polar surface area (TPSA) is 110 Å². The van der Waals surface area contributed by atoms with Crippen LogP contribution in [0.2, 0.25) is 0 Å². The number of hydrogen-bond donors (Lipinski definition) is 1. The Morgan fingerprint density at radius 3 is 2.43 bits per heavy atom. The van der Waals surface area contributed by atoms with E-state index in [4.69, 9.17) is 4.74 Å². The first kappa shape index (κ1) is 22.0. The molecule has 154 valence electrons. The smallest absolute Gasteiger partial charge is 0.306 e. The molecule has 1 aromatic carbocycles. The van der Waals surface area contributed by atoms with Crippen molar-refractivity contribution >= 4 is 33.4 Å². The Kier molecular flexibility index (Phi) is 7.70. The van der Waals surface area contributed by atoms with E-state index in [0.29, 0.717) is 24.3 Å². The molecule has 1 fully saturated rings. The molecular formula is C19H26N2O6S. The predicted octanol–water partition coefficient (Wildman–Crippen LogP) is 2.02. The van der Waals surface area contributed by atoms with E-state index in [1.54, 1.807) is 19.1 Å². The van der Waals surface area contributed by atoms with Gasteiger partial charge in [-0.3, -0.25) is 9.59 Å². The molecular weight excluding hydrogens is 384 g/mol. The summed E-state index contributed by atoms with van der Waals surface area (Å²) in [5, 5.41) is 2.54. The van der Waals surface area contributed by atoms with Crippen LogP contribution in [0.25, 0.3) is 0 Å². The van der Waals surface area contributed by atoms with E-state index in [9.17, 15) is 22.8 Å². The second-order valence-corrected chi connectivity index (χ2v) is 8.76. The van der Waals surface area contributed by atoms with Gasteiger partial charge in [-0.1, -0.05) is 12.5 Å². The van der Waals surface area contributed by atoms with Crippen molar-refractivity contribution in [2.45, 2.75) is 50.8 Å². The van der Waals surface area contributed by atoms with Gasteiger partial charge in [-0.05, 0) is 44.4 Å². The summed E-state index contributed by atoms with van der Waals surface area (Å²) in [5.41, 5.74) is 0.908. The number of nitrogens with one attached hydrogen (secondary N) is 1. The van der Waals surface area contributed by atoms with Crippen molar-refractivity contribution in [3.05, 3.63) is 23.8 Å². The number of aryl methyl sites for hydroxylation is 1. The summed E-state index contributed by atoms with van der Waals surface area (Å²) in [5.74, 6) is -1.35. The lowest BCUT2D eigenvalue weighted by Crippen LogP contribution is -2.36. The average molecular weight is 410 g/mol. The highest BCUT2D eigenvalue weighted by Gasteiger charge is 2.27. The Morgan fingerprint density at radius 2 is 1.79 bits per heavy atom. The van der Waals surface area contributed by atoms with Crippen molar-refractivity contribution in [2.75, 3.05) is 25.0 Å². The Labute approximate surface area is 165 Å². The standard InChI is InChI=1S/C19H26N2O6S/c1-14-6-8-16(20-18(23)13-27-19(24)9-7-15(2)22)12-17(14)28(25,26)21-10-4-3-5-11-21/h6,8,12H,3-5,7,9-11,13H2,1-2H3,(H,20,23). The van der Waals surface area contributed by atoms with Crippen LogP contribution in [0, 0.1) is 6.92 Å². The number of nitrogens with zero attached hydrogens (tertiary/aromatic N) is 1. The quantitative estimate of drug-likeness (QED) is 0.657. The number of hydrogen-bond acceptors (Lipinski definition) is 6. The van der Waals surface area contributed by atoms with E-state index >= 15 is 0 Å². The normalized spacial score (nSPS) is 15.1. The van der Waals surface area contributed by atoms with E-state index in [1.807, 2.05) is 0 Å². The second kappa shape index (κ2) is 9.79. The lowest BCUT2D eigenvalue weighted by Gasteiger charge is -2.26. The summed E-state index contributed by atoms with van der Waals surface area (Å²) >= 11 is 0. The minimum Gasteiger partial charge on any atom is -0.456 e. The largest absolute Gasteiger partial charge is 0.456 e. The minimum atomic E-state index is -3.63. The molecule has 0 unspecified atom stereocenters. The highest BCUT2D eigenvalue weighted by Crippen LogP contribution is 2.26. The highest BCUT2D eigenvalue weighted by atomic mass is 32.2. The summed E-state index contributed by atoms with van der Waals surface area (Å²) in [6.07, 6.45) is 2.68. The van der Waals surface area contributed by atoms with Crippen LogP contribution in [0.15, 0.2) is 23.1 Å². The lowest BCUT2D eigenvalue weighted by atomic mass is 10.2. The number of rotatable bonds is 8. The van der Waals surface area contributed by atoms with Crippen molar-refractivity contribution in [2.24, 2.45) is 0 Å². The van der Waals surface area contributed by atoms with Crippen molar-refractivity contribution in [3.8, 4) is 0 Å². The number of piperidine rings is 1. The molecule has 0 atom stereocenters. The summed E-state index contributed by atoms with van der Waals surface area (Å²) in [7, 11) is -3.63. The van der Waals surface area contributed by atoms with Crippen molar-refractivity contribution in [1.29, 1.82) is 0 Å². The van der Waals surface area contributed by atoms with E-state index in [1.165, 1.54) is 17.3 Å². The number of carbonyl (C=O) groups is 3. The SMILES string of the molecule is CC(=O)CCC(=O)OCC(=O)Nc1ccc(C)c(S(=O)(=O)N2CCCCC2)c1. The van der Waals surface area contributed by atoms with Crippen LogP contribution >= 0.6 is 0 Å². The molecule has 1 N–H and O–H groups in total. The zero-order valence-electron chi connectivity index (χ0n) is 16.2. The molecule has 0 saturated carbocycles. The maximum Gasteiger partial charge on any atom is 0.306 e. The van der Waals surface area contributed by atoms with Crippen LogP contribution in [-0.2, 0) is 29.1 Å². The monoisotopic (exact) mass is 410 g/mol. The van der Waals surface area contributed by atoms with Gasteiger partial charge in [0.05, 0.1) is 11.3 Å². The first-order valence-corrected chi connectivity index (χ1v) is 10.7. The molecule has 1 aliphatic heterocycles. The number of ether oxygens (including phenoxy) is 1. The number of sulfonamides is 1. The number of benzene rings is 1. The molecule has 0 aromatic heterocycles.